The average molecular weight is 425 g/mol. The molecular weight excluding hydrogens is 398 g/mol. The minimum atomic E-state index is -0.529. The highest BCUT2D eigenvalue weighted by Gasteiger charge is 2.26. The van der Waals surface area contributed by atoms with Crippen LogP contribution in [0.5, 0.6) is 0 Å². The molecule has 1 aliphatic heterocycles. The van der Waals surface area contributed by atoms with E-state index in [1.54, 1.807) is 22.9 Å². The summed E-state index contributed by atoms with van der Waals surface area (Å²) >= 11 is 0. The third-order valence-electron chi connectivity index (χ3n) is 5.77. The molecule has 0 spiro atoms. The number of fused-ring (bicyclic) bond motifs is 1. The van der Waals surface area contributed by atoms with Crippen LogP contribution in [0.4, 0.5) is 0 Å². The van der Waals surface area contributed by atoms with E-state index in [1.807, 2.05) is 30.3 Å². The Balaban J connectivity index is 1.81. The van der Waals surface area contributed by atoms with Crippen molar-refractivity contribution in [2.45, 2.75) is 33.0 Å². The van der Waals surface area contributed by atoms with E-state index in [9.17, 15) is 14.4 Å². The lowest BCUT2D eigenvalue weighted by atomic mass is 10.2. The van der Waals surface area contributed by atoms with Gasteiger partial charge in [-0.2, -0.15) is 0 Å². The molecule has 1 amide bonds. The van der Waals surface area contributed by atoms with Crippen molar-refractivity contribution in [1.82, 2.24) is 23.6 Å². The number of methoxy groups -OCH3 is 1. The zero-order valence-corrected chi connectivity index (χ0v) is 17.9. The number of benzene rings is 1. The van der Waals surface area contributed by atoms with Crippen LogP contribution < -0.4 is 11.2 Å². The van der Waals surface area contributed by atoms with Crippen LogP contribution >= 0.6 is 0 Å². The molecule has 31 heavy (non-hydrogen) atoms. The molecule has 2 aromatic heterocycles. The quantitative estimate of drug-likeness (QED) is 0.562. The lowest BCUT2D eigenvalue weighted by Gasteiger charge is -2.17. The highest BCUT2D eigenvalue weighted by Crippen LogP contribution is 2.15. The highest BCUT2D eigenvalue weighted by atomic mass is 16.5. The van der Waals surface area contributed by atoms with E-state index < -0.39 is 11.2 Å². The molecule has 4 rings (SSSR count). The second kappa shape index (κ2) is 8.89. The van der Waals surface area contributed by atoms with Gasteiger partial charge < -0.3 is 14.2 Å². The predicted octanol–water partition coefficient (Wildman–Crippen LogP) is 0.923. The van der Waals surface area contributed by atoms with Gasteiger partial charge in [0.05, 0.1) is 19.5 Å². The Morgan fingerprint density at radius 1 is 1.19 bits per heavy atom. The van der Waals surface area contributed by atoms with Crippen LogP contribution in [0.15, 0.2) is 46.2 Å². The molecular formula is C22H27N5O4. The molecule has 0 aliphatic carbocycles. The molecule has 1 aliphatic rings. The fourth-order valence-corrected chi connectivity index (χ4v) is 4.04. The second-order valence-electron chi connectivity index (χ2n) is 8.08. The van der Waals surface area contributed by atoms with Crippen molar-refractivity contribution >= 4 is 17.1 Å². The molecule has 0 bridgehead atoms. The van der Waals surface area contributed by atoms with Crippen LogP contribution in [0.1, 0.15) is 18.9 Å². The van der Waals surface area contributed by atoms with E-state index in [4.69, 9.17) is 4.74 Å². The molecule has 0 saturated carbocycles. The topological polar surface area (TPSA) is 91.4 Å². The molecule has 1 aromatic carbocycles. The van der Waals surface area contributed by atoms with Crippen molar-refractivity contribution in [2.75, 3.05) is 26.8 Å². The smallest absolute Gasteiger partial charge is 0.333 e. The van der Waals surface area contributed by atoms with Crippen LogP contribution in [-0.4, -0.2) is 56.3 Å². The van der Waals surface area contributed by atoms with E-state index in [0.717, 1.165) is 16.6 Å². The van der Waals surface area contributed by atoms with Crippen molar-refractivity contribution in [3.8, 4) is 0 Å². The van der Waals surface area contributed by atoms with Crippen molar-refractivity contribution in [2.24, 2.45) is 5.92 Å². The number of carbonyl (C=O) groups excluding carboxylic acids is 1. The Kier molecular flexibility index (Phi) is 6.03. The van der Waals surface area contributed by atoms with Gasteiger partial charge >= 0.3 is 5.69 Å². The molecule has 1 unspecified atom stereocenters. The standard InChI is InChI=1S/C22H27N5O4/c1-16-8-9-24(12-16)18(28)14-27-21(29)19-20(23-15-25(19)10-11-31-2)26(22(27)30)13-17-6-4-3-5-7-17/h3-7,15-16H,8-14H2,1-2H3. The van der Waals surface area contributed by atoms with Crippen LogP contribution in [0.2, 0.25) is 0 Å². The van der Waals surface area contributed by atoms with E-state index in [-0.39, 0.29) is 19.0 Å². The van der Waals surface area contributed by atoms with Crippen LogP contribution in [-0.2, 0) is 29.2 Å². The van der Waals surface area contributed by atoms with E-state index >= 15 is 0 Å². The molecule has 0 N–H and O–H groups in total. The zero-order chi connectivity index (χ0) is 22.0. The van der Waals surface area contributed by atoms with Crippen molar-refractivity contribution in [3.05, 3.63) is 63.1 Å². The van der Waals surface area contributed by atoms with E-state index in [0.29, 0.717) is 43.3 Å². The van der Waals surface area contributed by atoms with Gasteiger partial charge in [0, 0.05) is 26.7 Å². The third-order valence-corrected chi connectivity index (χ3v) is 5.77. The summed E-state index contributed by atoms with van der Waals surface area (Å²) in [4.78, 5) is 45.5. The normalized spacial score (nSPS) is 16.3. The fraction of sp³-hybridized carbons (Fsp3) is 0.455. The molecule has 3 heterocycles. The fourth-order valence-electron chi connectivity index (χ4n) is 4.04. The molecule has 164 valence electrons. The molecule has 1 saturated heterocycles. The number of amides is 1. The first-order valence-electron chi connectivity index (χ1n) is 10.5. The number of hydrogen-bond donors (Lipinski definition) is 0. The van der Waals surface area contributed by atoms with Gasteiger partial charge in [-0.05, 0) is 17.9 Å². The minimum absolute atomic E-state index is 0.211. The first-order chi connectivity index (χ1) is 15.0. The summed E-state index contributed by atoms with van der Waals surface area (Å²) < 4.78 is 9.33. The maximum atomic E-state index is 13.3. The maximum Gasteiger partial charge on any atom is 0.333 e. The summed E-state index contributed by atoms with van der Waals surface area (Å²) in [6.07, 6.45) is 2.47. The van der Waals surface area contributed by atoms with E-state index in [2.05, 4.69) is 11.9 Å². The van der Waals surface area contributed by atoms with Gasteiger partial charge in [0.15, 0.2) is 11.2 Å². The van der Waals surface area contributed by atoms with Gasteiger partial charge in [0.2, 0.25) is 5.91 Å². The number of hydrogen-bond acceptors (Lipinski definition) is 5. The van der Waals surface area contributed by atoms with Gasteiger partial charge in [0.1, 0.15) is 6.54 Å². The lowest BCUT2D eigenvalue weighted by Crippen LogP contribution is -2.45. The summed E-state index contributed by atoms with van der Waals surface area (Å²) in [5.74, 6) is 0.213. The van der Waals surface area contributed by atoms with Gasteiger partial charge in [-0.25, -0.2) is 14.3 Å². The Morgan fingerprint density at radius 2 is 1.97 bits per heavy atom. The first-order valence-corrected chi connectivity index (χ1v) is 10.5. The van der Waals surface area contributed by atoms with Crippen LogP contribution in [0, 0.1) is 5.92 Å². The summed E-state index contributed by atoms with van der Waals surface area (Å²) in [5, 5.41) is 0. The van der Waals surface area contributed by atoms with E-state index in [1.165, 1.54) is 4.57 Å². The van der Waals surface area contributed by atoms with Crippen LogP contribution in [0.25, 0.3) is 11.2 Å². The number of carbonyl (C=O) groups is 1. The largest absolute Gasteiger partial charge is 0.383 e. The van der Waals surface area contributed by atoms with Crippen molar-refractivity contribution in [1.29, 1.82) is 0 Å². The number of ether oxygens (including phenoxy) is 1. The molecule has 3 aromatic rings. The molecule has 1 fully saturated rings. The Morgan fingerprint density at radius 3 is 2.65 bits per heavy atom. The molecule has 9 heteroatoms. The number of nitrogens with zero attached hydrogens (tertiary/aromatic N) is 5. The lowest BCUT2D eigenvalue weighted by molar-refractivity contribution is -0.131. The Bertz CT molecular complexity index is 1190. The molecule has 9 nitrogen and oxygen atoms in total. The monoisotopic (exact) mass is 425 g/mol. The van der Waals surface area contributed by atoms with Gasteiger partial charge in [0.25, 0.3) is 5.56 Å². The number of imidazole rings is 1. The molecule has 0 radical (unpaired) electrons. The summed E-state index contributed by atoms with van der Waals surface area (Å²) in [7, 11) is 1.58. The Labute approximate surface area is 179 Å². The van der Waals surface area contributed by atoms with Crippen molar-refractivity contribution < 1.29 is 9.53 Å². The molecule has 1 atom stereocenters. The maximum absolute atomic E-state index is 13.3. The van der Waals surface area contributed by atoms with Gasteiger partial charge in [-0.1, -0.05) is 37.3 Å². The summed E-state index contributed by atoms with van der Waals surface area (Å²) in [5.41, 5.74) is 0.489. The van der Waals surface area contributed by atoms with Gasteiger partial charge in [-0.15, -0.1) is 0 Å². The highest BCUT2D eigenvalue weighted by molar-refractivity contribution is 5.77. The number of rotatable bonds is 7. The predicted molar refractivity (Wildman–Crippen MR) is 116 cm³/mol. The summed E-state index contributed by atoms with van der Waals surface area (Å²) in [6, 6.07) is 9.50. The number of aromatic nitrogens is 4. The Hall–Kier alpha value is -3.20. The SMILES string of the molecule is COCCn1cnc2c1c(=O)n(CC(=O)N1CCC(C)C1)c(=O)n2Cc1ccccc1. The van der Waals surface area contributed by atoms with Gasteiger partial charge in [-0.3, -0.25) is 14.2 Å². The first kappa shape index (κ1) is 21.0. The van der Waals surface area contributed by atoms with Crippen LogP contribution in [0.3, 0.4) is 0 Å². The van der Waals surface area contributed by atoms with Crippen molar-refractivity contribution in [3.63, 3.8) is 0 Å². The third kappa shape index (κ3) is 4.18. The minimum Gasteiger partial charge on any atom is -0.383 e. The zero-order valence-electron chi connectivity index (χ0n) is 17.9. The number of likely N-dealkylation sites (tertiary alicyclic amines) is 1. The average Bonchev–Trinajstić information content (AvgIpc) is 3.40. The summed E-state index contributed by atoms with van der Waals surface area (Å²) in [6.45, 7) is 4.20. The second-order valence-corrected chi connectivity index (χ2v) is 8.08.